The molecule has 2 heterocycles. The minimum absolute atomic E-state index is 0.0316. The molecular weight excluding hydrogens is 320 g/mol. The minimum Gasteiger partial charge on any atom is -0.493 e. The number of aromatic nitrogens is 2. The summed E-state index contributed by atoms with van der Waals surface area (Å²) in [6.45, 7) is 4.54. The average molecular weight is 344 g/mol. The molecule has 0 radical (unpaired) electrons. The highest BCUT2D eigenvalue weighted by molar-refractivity contribution is 5.95. The highest BCUT2D eigenvalue weighted by Gasteiger charge is 2.31. The van der Waals surface area contributed by atoms with Crippen LogP contribution in [-0.2, 0) is 7.05 Å². The van der Waals surface area contributed by atoms with Crippen LogP contribution in [0.1, 0.15) is 29.1 Å². The SMILES string of the molecule is CCOc1ccc(C(=O)N2CCNCC2c2nccn2C)cc1OC. The number of hydrogen-bond donors (Lipinski definition) is 1. The van der Waals surface area contributed by atoms with Crippen molar-refractivity contribution < 1.29 is 14.3 Å². The molecule has 1 N–H and O–H groups in total. The summed E-state index contributed by atoms with van der Waals surface area (Å²) in [6, 6.07) is 5.21. The molecule has 134 valence electrons. The van der Waals surface area contributed by atoms with Crippen molar-refractivity contribution in [1.29, 1.82) is 0 Å². The fourth-order valence-electron chi connectivity index (χ4n) is 3.12. The number of imidazole rings is 1. The third-order valence-corrected chi connectivity index (χ3v) is 4.37. The normalized spacial score (nSPS) is 17.4. The van der Waals surface area contributed by atoms with Crippen molar-refractivity contribution in [3.05, 3.63) is 42.0 Å². The van der Waals surface area contributed by atoms with Gasteiger partial charge in [-0.25, -0.2) is 4.98 Å². The summed E-state index contributed by atoms with van der Waals surface area (Å²) < 4.78 is 12.9. The predicted octanol–water partition coefficient (Wildman–Crippen LogP) is 1.61. The van der Waals surface area contributed by atoms with Gasteiger partial charge >= 0.3 is 0 Å². The lowest BCUT2D eigenvalue weighted by Gasteiger charge is -2.35. The molecule has 0 spiro atoms. The Morgan fingerprint density at radius 1 is 1.40 bits per heavy atom. The summed E-state index contributed by atoms with van der Waals surface area (Å²) in [4.78, 5) is 19.4. The van der Waals surface area contributed by atoms with E-state index in [9.17, 15) is 4.79 Å². The van der Waals surface area contributed by atoms with Crippen molar-refractivity contribution in [2.24, 2.45) is 7.05 Å². The van der Waals surface area contributed by atoms with Gasteiger partial charge in [0, 0.05) is 44.6 Å². The van der Waals surface area contributed by atoms with Gasteiger partial charge in [-0.3, -0.25) is 4.79 Å². The number of amides is 1. The van der Waals surface area contributed by atoms with Gasteiger partial charge < -0.3 is 24.3 Å². The number of nitrogens with one attached hydrogen (secondary N) is 1. The van der Waals surface area contributed by atoms with E-state index in [-0.39, 0.29) is 11.9 Å². The zero-order valence-electron chi connectivity index (χ0n) is 14.9. The van der Waals surface area contributed by atoms with E-state index in [4.69, 9.17) is 9.47 Å². The highest BCUT2D eigenvalue weighted by Crippen LogP contribution is 2.30. The number of nitrogens with zero attached hydrogens (tertiary/aromatic N) is 3. The van der Waals surface area contributed by atoms with E-state index < -0.39 is 0 Å². The first-order valence-corrected chi connectivity index (χ1v) is 8.45. The summed E-state index contributed by atoms with van der Waals surface area (Å²) in [6.07, 6.45) is 3.65. The van der Waals surface area contributed by atoms with E-state index in [0.29, 0.717) is 36.8 Å². The Morgan fingerprint density at radius 2 is 2.24 bits per heavy atom. The van der Waals surface area contributed by atoms with Gasteiger partial charge in [-0.05, 0) is 25.1 Å². The summed E-state index contributed by atoms with van der Waals surface area (Å²) in [7, 11) is 3.52. The molecule has 25 heavy (non-hydrogen) atoms. The number of rotatable bonds is 5. The number of ether oxygens (including phenoxy) is 2. The maximum atomic E-state index is 13.1. The topological polar surface area (TPSA) is 68.6 Å². The second-order valence-corrected chi connectivity index (χ2v) is 5.91. The quantitative estimate of drug-likeness (QED) is 0.893. The molecule has 0 aliphatic carbocycles. The predicted molar refractivity (Wildman–Crippen MR) is 94.0 cm³/mol. The fraction of sp³-hybridized carbons (Fsp3) is 0.444. The van der Waals surface area contributed by atoms with Crippen LogP contribution in [0.15, 0.2) is 30.6 Å². The fourth-order valence-corrected chi connectivity index (χ4v) is 3.12. The minimum atomic E-state index is -0.0983. The van der Waals surface area contributed by atoms with Crippen LogP contribution in [0.25, 0.3) is 0 Å². The molecule has 1 fully saturated rings. The molecule has 1 atom stereocenters. The molecule has 1 aromatic heterocycles. The van der Waals surface area contributed by atoms with E-state index >= 15 is 0 Å². The summed E-state index contributed by atoms with van der Waals surface area (Å²) in [5.41, 5.74) is 0.585. The van der Waals surface area contributed by atoms with Gasteiger partial charge in [0.1, 0.15) is 11.9 Å². The Labute approximate surface area is 147 Å². The lowest BCUT2D eigenvalue weighted by Crippen LogP contribution is -2.49. The largest absolute Gasteiger partial charge is 0.493 e. The summed E-state index contributed by atoms with van der Waals surface area (Å²) in [5, 5.41) is 3.34. The van der Waals surface area contributed by atoms with Gasteiger partial charge in [-0.15, -0.1) is 0 Å². The lowest BCUT2D eigenvalue weighted by atomic mass is 10.1. The number of hydrogen-bond acceptors (Lipinski definition) is 5. The van der Waals surface area contributed by atoms with Gasteiger partial charge in [0.15, 0.2) is 11.5 Å². The van der Waals surface area contributed by atoms with Gasteiger partial charge in [-0.2, -0.15) is 0 Å². The van der Waals surface area contributed by atoms with E-state index in [1.165, 1.54) is 0 Å². The first-order chi connectivity index (χ1) is 12.2. The number of benzene rings is 1. The molecular formula is C18H24N4O3. The molecule has 1 saturated heterocycles. The first kappa shape index (κ1) is 17.3. The second-order valence-electron chi connectivity index (χ2n) is 5.91. The number of methoxy groups -OCH3 is 1. The van der Waals surface area contributed by atoms with E-state index in [1.54, 1.807) is 31.5 Å². The summed E-state index contributed by atoms with van der Waals surface area (Å²) >= 11 is 0. The van der Waals surface area contributed by atoms with Crippen molar-refractivity contribution in [1.82, 2.24) is 19.8 Å². The van der Waals surface area contributed by atoms with Crippen LogP contribution in [0.3, 0.4) is 0 Å². The molecule has 7 nitrogen and oxygen atoms in total. The van der Waals surface area contributed by atoms with Crippen molar-refractivity contribution in [3.63, 3.8) is 0 Å². The number of carbonyl (C=O) groups excluding carboxylic acids is 1. The zero-order chi connectivity index (χ0) is 17.8. The third kappa shape index (κ3) is 3.46. The van der Waals surface area contributed by atoms with Crippen LogP contribution in [0.2, 0.25) is 0 Å². The summed E-state index contributed by atoms with van der Waals surface area (Å²) in [5.74, 6) is 2.05. The van der Waals surface area contributed by atoms with Crippen LogP contribution in [-0.4, -0.2) is 53.7 Å². The first-order valence-electron chi connectivity index (χ1n) is 8.45. The van der Waals surface area contributed by atoms with Crippen LogP contribution in [0.4, 0.5) is 0 Å². The molecule has 0 bridgehead atoms. The molecule has 1 unspecified atom stereocenters. The average Bonchev–Trinajstić information content (AvgIpc) is 3.07. The van der Waals surface area contributed by atoms with Gasteiger partial charge in [-0.1, -0.05) is 0 Å². The Hall–Kier alpha value is -2.54. The molecule has 1 aromatic carbocycles. The van der Waals surface area contributed by atoms with Crippen molar-refractivity contribution in [2.45, 2.75) is 13.0 Å². The molecule has 3 rings (SSSR count). The molecule has 1 aliphatic heterocycles. The maximum Gasteiger partial charge on any atom is 0.254 e. The zero-order valence-corrected chi connectivity index (χ0v) is 14.9. The smallest absolute Gasteiger partial charge is 0.254 e. The Bertz CT molecular complexity index is 744. The highest BCUT2D eigenvalue weighted by atomic mass is 16.5. The van der Waals surface area contributed by atoms with Crippen molar-refractivity contribution in [2.75, 3.05) is 33.4 Å². The second kappa shape index (κ2) is 7.57. The Balaban J connectivity index is 1.89. The van der Waals surface area contributed by atoms with Crippen LogP contribution >= 0.6 is 0 Å². The van der Waals surface area contributed by atoms with Crippen molar-refractivity contribution in [3.8, 4) is 11.5 Å². The van der Waals surface area contributed by atoms with Crippen molar-refractivity contribution >= 4 is 5.91 Å². The lowest BCUT2D eigenvalue weighted by molar-refractivity contribution is 0.0620. The van der Waals surface area contributed by atoms with Crippen LogP contribution in [0.5, 0.6) is 11.5 Å². The molecule has 1 aliphatic rings. The number of carbonyl (C=O) groups is 1. The molecule has 1 amide bonds. The Kier molecular flexibility index (Phi) is 5.23. The van der Waals surface area contributed by atoms with Gasteiger partial charge in [0.2, 0.25) is 0 Å². The van der Waals surface area contributed by atoms with Crippen LogP contribution in [0, 0.1) is 0 Å². The third-order valence-electron chi connectivity index (χ3n) is 4.37. The van der Waals surface area contributed by atoms with Crippen LogP contribution < -0.4 is 14.8 Å². The van der Waals surface area contributed by atoms with E-state index in [2.05, 4.69) is 10.3 Å². The molecule has 0 saturated carbocycles. The monoisotopic (exact) mass is 344 g/mol. The van der Waals surface area contributed by atoms with Gasteiger partial charge in [0.05, 0.1) is 13.7 Å². The number of piperazine rings is 1. The molecule has 7 heteroatoms. The molecule has 2 aromatic rings. The number of aryl methyl sites for hydroxylation is 1. The van der Waals surface area contributed by atoms with Gasteiger partial charge in [0.25, 0.3) is 5.91 Å². The standard InChI is InChI=1S/C18H24N4O3/c1-4-25-15-6-5-13(11-16(15)24-3)18(23)22-10-7-19-12-14(22)17-20-8-9-21(17)2/h5-6,8-9,11,14,19H,4,7,10,12H2,1-3H3. The maximum absolute atomic E-state index is 13.1. The Morgan fingerprint density at radius 3 is 2.92 bits per heavy atom. The van der Waals surface area contributed by atoms with E-state index in [0.717, 1.165) is 12.4 Å². The van der Waals surface area contributed by atoms with E-state index in [1.807, 2.05) is 29.6 Å².